The Hall–Kier alpha value is -1.35. The first kappa shape index (κ1) is 21.0. The summed E-state index contributed by atoms with van der Waals surface area (Å²) >= 11 is 0. The molecule has 144 valence electrons. The van der Waals surface area contributed by atoms with Crippen LogP contribution in [0.3, 0.4) is 0 Å². The van der Waals surface area contributed by atoms with Crippen molar-refractivity contribution in [1.82, 2.24) is 10.6 Å². The van der Waals surface area contributed by atoms with Crippen molar-refractivity contribution < 1.29 is 13.5 Å². The quantitative estimate of drug-likeness (QED) is 0.388. The zero-order chi connectivity index (χ0) is 17.9. The Kier molecular flexibility index (Phi) is 7.28. The predicted molar refractivity (Wildman–Crippen MR) is 113 cm³/mol. The third-order valence-electron chi connectivity index (χ3n) is 4.65. The summed E-state index contributed by atoms with van der Waals surface area (Å²) in [4.78, 5) is 4.61. The van der Waals surface area contributed by atoms with Gasteiger partial charge in [0.2, 0.25) is 0 Å². The second-order valence-electron chi connectivity index (χ2n) is 6.74. The van der Waals surface area contributed by atoms with Crippen LogP contribution in [-0.2, 0) is 11.3 Å². The van der Waals surface area contributed by atoms with E-state index in [-0.39, 0.29) is 35.4 Å². The van der Waals surface area contributed by atoms with E-state index in [1.165, 1.54) is 12.1 Å². The summed E-state index contributed by atoms with van der Waals surface area (Å²) in [5.74, 6) is 1.22. The molecule has 0 aliphatic carbocycles. The number of fused-ring (bicyclic) bond motifs is 1. The van der Waals surface area contributed by atoms with Gasteiger partial charge in [-0.05, 0) is 51.8 Å². The molecule has 2 heterocycles. The molecule has 0 amide bonds. The van der Waals surface area contributed by atoms with Crippen molar-refractivity contribution in [3.05, 3.63) is 35.3 Å². The molecule has 1 unspecified atom stereocenters. The standard InChI is InChI=1S/C19H26FN3O2.HI/c1-4-21-18(23-12-19(3)8-5-9-24-19)22-11-17-13(2)15-10-14(20)6-7-16(15)25-17;/h6-7,10H,4-5,8-9,11-12H2,1-3H3,(H2,21,22,23);1H. The number of rotatable bonds is 5. The van der Waals surface area contributed by atoms with Crippen LogP contribution in [0, 0.1) is 12.7 Å². The molecule has 1 aliphatic rings. The summed E-state index contributed by atoms with van der Waals surface area (Å²) in [6, 6.07) is 4.57. The molecule has 0 spiro atoms. The number of nitrogens with one attached hydrogen (secondary N) is 2. The number of aryl methyl sites for hydroxylation is 1. The maximum Gasteiger partial charge on any atom is 0.191 e. The van der Waals surface area contributed by atoms with E-state index >= 15 is 0 Å². The minimum Gasteiger partial charge on any atom is -0.459 e. The molecule has 1 saturated heterocycles. The van der Waals surface area contributed by atoms with Gasteiger partial charge in [-0.15, -0.1) is 24.0 Å². The second-order valence-corrected chi connectivity index (χ2v) is 6.74. The van der Waals surface area contributed by atoms with Crippen LogP contribution in [0.4, 0.5) is 4.39 Å². The minimum absolute atomic E-state index is 0. The highest BCUT2D eigenvalue weighted by Gasteiger charge is 2.29. The zero-order valence-electron chi connectivity index (χ0n) is 15.5. The van der Waals surface area contributed by atoms with Crippen LogP contribution in [0.5, 0.6) is 0 Å². The van der Waals surface area contributed by atoms with E-state index in [2.05, 4.69) is 22.5 Å². The minimum atomic E-state index is -0.258. The van der Waals surface area contributed by atoms with Gasteiger partial charge in [0, 0.05) is 30.6 Å². The smallest absolute Gasteiger partial charge is 0.191 e. The number of hydrogen-bond acceptors (Lipinski definition) is 3. The van der Waals surface area contributed by atoms with Gasteiger partial charge in [0.25, 0.3) is 0 Å². The van der Waals surface area contributed by atoms with Gasteiger partial charge in [0.05, 0.1) is 5.60 Å². The third-order valence-corrected chi connectivity index (χ3v) is 4.65. The molecule has 26 heavy (non-hydrogen) atoms. The van der Waals surface area contributed by atoms with Crippen molar-refractivity contribution in [2.45, 2.75) is 45.8 Å². The van der Waals surface area contributed by atoms with Crippen LogP contribution in [0.1, 0.15) is 38.0 Å². The Morgan fingerprint density at radius 2 is 2.15 bits per heavy atom. The maximum absolute atomic E-state index is 13.4. The van der Waals surface area contributed by atoms with Crippen LogP contribution in [0.2, 0.25) is 0 Å². The normalized spacial score (nSPS) is 20.2. The molecule has 5 nitrogen and oxygen atoms in total. The zero-order valence-corrected chi connectivity index (χ0v) is 17.9. The SMILES string of the molecule is CCNC(=NCc1oc2ccc(F)cc2c1C)NCC1(C)CCCO1.I. The average Bonchev–Trinajstić information content (AvgIpc) is 3.15. The van der Waals surface area contributed by atoms with Gasteiger partial charge in [-0.1, -0.05) is 0 Å². The van der Waals surface area contributed by atoms with Gasteiger partial charge in [0.1, 0.15) is 23.7 Å². The third kappa shape index (κ3) is 4.88. The number of nitrogens with zero attached hydrogens (tertiary/aromatic N) is 1. The van der Waals surface area contributed by atoms with Crippen molar-refractivity contribution in [2.75, 3.05) is 19.7 Å². The lowest BCUT2D eigenvalue weighted by atomic mass is 10.0. The second kappa shape index (κ2) is 9.03. The van der Waals surface area contributed by atoms with Gasteiger partial charge < -0.3 is 19.8 Å². The summed E-state index contributed by atoms with van der Waals surface area (Å²) in [6.45, 7) is 8.78. The van der Waals surface area contributed by atoms with Crippen LogP contribution in [-0.4, -0.2) is 31.3 Å². The largest absolute Gasteiger partial charge is 0.459 e. The molecule has 0 radical (unpaired) electrons. The highest BCUT2D eigenvalue weighted by molar-refractivity contribution is 14.0. The number of guanidine groups is 1. The van der Waals surface area contributed by atoms with Crippen LogP contribution in [0.25, 0.3) is 11.0 Å². The summed E-state index contributed by atoms with van der Waals surface area (Å²) in [7, 11) is 0. The van der Waals surface area contributed by atoms with E-state index < -0.39 is 0 Å². The Bertz CT molecular complexity index is 769. The van der Waals surface area contributed by atoms with Gasteiger partial charge in [-0.25, -0.2) is 9.38 Å². The molecule has 1 fully saturated rings. The molecule has 2 N–H and O–H groups in total. The summed E-state index contributed by atoms with van der Waals surface area (Å²) in [5.41, 5.74) is 1.48. The van der Waals surface area contributed by atoms with Crippen LogP contribution in [0.15, 0.2) is 27.6 Å². The molecule has 1 atom stereocenters. The molecule has 0 bridgehead atoms. The molecule has 2 aromatic rings. The van der Waals surface area contributed by atoms with E-state index in [4.69, 9.17) is 9.15 Å². The number of ether oxygens (including phenoxy) is 1. The highest BCUT2D eigenvalue weighted by Crippen LogP contribution is 2.26. The number of benzene rings is 1. The highest BCUT2D eigenvalue weighted by atomic mass is 127. The molecular weight excluding hydrogens is 448 g/mol. The van der Waals surface area contributed by atoms with E-state index in [0.717, 1.165) is 48.7 Å². The van der Waals surface area contributed by atoms with E-state index in [0.29, 0.717) is 18.7 Å². The lowest BCUT2D eigenvalue weighted by molar-refractivity contribution is 0.0243. The summed E-state index contributed by atoms with van der Waals surface area (Å²) < 4.78 is 25.1. The molecule has 1 aromatic carbocycles. The average molecular weight is 475 g/mol. The lowest BCUT2D eigenvalue weighted by Gasteiger charge is -2.24. The van der Waals surface area contributed by atoms with Gasteiger partial charge >= 0.3 is 0 Å². The molecule has 0 saturated carbocycles. The molecule has 3 rings (SSSR count). The van der Waals surface area contributed by atoms with Crippen molar-refractivity contribution in [1.29, 1.82) is 0 Å². The Balaban J connectivity index is 0.00000243. The Morgan fingerprint density at radius 1 is 1.35 bits per heavy atom. The lowest BCUT2D eigenvalue weighted by Crippen LogP contribution is -2.45. The van der Waals surface area contributed by atoms with Crippen LogP contribution >= 0.6 is 24.0 Å². The fourth-order valence-electron chi connectivity index (χ4n) is 3.13. The molecule has 1 aliphatic heterocycles. The fourth-order valence-corrected chi connectivity index (χ4v) is 3.13. The Morgan fingerprint density at radius 3 is 2.85 bits per heavy atom. The fraction of sp³-hybridized carbons (Fsp3) is 0.526. The van der Waals surface area contributed by atoms with E-state index in [9.17, 15) is 4.39 Å². The van der Waals surface area contributed by atoms with Gasteiger partial charge in [0.15, 0.2) is 5.96 Å². The first-order valence-corrected chi connectivity index (χ1v) is 8.84. The first-order valence-electron chi connectivity index (χ1n) is 8.84. The number of furan rings is 1. The van der Waals surface area contributed by atoms with E-state index in [1.54, 1.807) is 6.07 Å². The number of halogens is 2. The molecule has 7 heteroatoms. The van der Waals surface area contributed by atoms with Crippen molar-refractivity contribution >= 4 is 40.9 Å². The predicted octanol–water partition coefficient (Wildman–Crippen LogP) is 4.12. The van der Waals surface area contributed by atoms with Gasteiger partial charge in [-0.3, -0.25) is 0 Å². The monoisotopic (exact) mass is 475 g/mol. The van der Waals surface area contributed by atoms with Gasteiger partial charge in [-0.2, -0.15) is 0 Å². The topological polar surface area (TPSA) is 58.8 Å². The van der Waals surface area contributed by atoms with Crippen LogP contribution < -0.4 is 10.6 Å². The van der Waals surface area contributed by atoms with E-state index in [1.807, 2.05) is 13.8 Å². The van der Waals surface area contributed by atoms with Crippen molar-refractivity contribution in [3.63, 3.8) is 0 Å². The first-order chi connectivity index (χ1) is 12.0. The molecular formula is C19H27FIN3O2. The molecule has 1 aromatic heterocycles. The maximum atomic E-state index is 13.4. The number of aliphatic imine (C=N–C) groups is 1. The number of hydrogen-bond donors (Lipinski definition) is 2. The summed E-state index contributed by atoms with van der Waals surface area (Å²) in [5, 5.41) is 7.39. The summed E-state index contributed by atoms with van der Waals surface area (Å²) in [6.07, 6.45) is 2.15. The Labute approximate surface area is 170 Å². The van der Waals surface area contributed by atoms with Crippen molar-refractivity contribution in [2.24, 2.45) is 4.99 Å². The van der Waals surface area contributed by atoms with Crippen molar-refractivity contribution in [3.8, 4) is 0 Å².